The van der Waals surface area contributed by atoms with Crippen LogP contribution in [-0.2, 0) is 39.8 Å². The maximum Gasteiger partial charge on any atom is 0.409 e. The van der Waals surface area contributed by atoms with E-state index in [9.17, 15) is 24.3 Å². The number of epoxide rings is 1. The summed E-state index contributed by atoms with van der Waals surface area (Å²) < 4.78 is 29.0. The molecular weight excluding hydrogens is 690 g/mol. The lowest BCUT2D eigenvalue weighted by molar-refractivity contribution is -0.161. The highest BCUT2D eigenvalue weighted by Gasteiger charge is 2.64. The van der Waals surface area contributed by atoms with Crippen LogP contribution in [-0.4, -0.2) is 110 Å². The van der Waals surface area contributed by atoms with Gasteiger partial charge in [0.15, 0.2) is 5.72 Å². The van der Waals surface area contributed by atoms with Crippen molar-refractivity contribution in [2.45, 2.75) is 95.2 Å². The average Bonchev–Trinajstić information content (AvgIpc) is 3.76. The second-order valence-electron chi connectivity index (χ2n) is 13.4. The van der Waals surface area contributed by atoms with E-state index in [1.54, 1.807) is 45.2 Å². The van der Waals surface area contributed by atoms with Crippen LogP contribution in [0.5, 0.6) is 5.75 Å². The van der Waals surface area contributed by atoms with E-state index in [0.29, 0.717) is 23.6 Å². The van der Waals surface area contributed by atoms with E-state index >= 15 is 0 Å². The van der Waals surface area contributed by atoms with Crippen molar-refractivity contribution in [3.8, 4) is 5.75 Å². The third-order valence-electron chi connectivity index (χ3n) is 9.85. The SMILES string of the molecule is COc1cc2cc(c1Cl)N(C)C(=O)C[C@H](OC(=O)[C@H](C)N(C)C(=O)CCS)[C@@]1(C)O[C@H]1[C@H](C)[C@@H]1C[C@@](O)(NC(=O)O1)[C@H](OC)/C=C/C=C(\C)C2. The van der Waals surface area contributed by atoms with Crippen molar-refractivity contribution in [2.24, 2.45) is 5.92 Å². The number of ether oxygens (including phenoxy) is 5. The number of allylic oxidation sites excluding steroid dienone is 3. The van der Waals surface area contributed by atoms with Gasteiger partial charge in [-0.05, 0) is 50.6 Å². The monoisotopic (exact) mass is 737 g/mol. The number of carbonyl (C=O) groups excluding carboxylic acids is 4. The minimum Gasteiger partial charge on any atom is -0.495 e. The molecule has 0 spiro atoms. The van der Waals surface area contributed by atoms with Crippen molar-refractivity contribution in [1.82, 2.24) is 10.2 Å². The predicted octanol–water partition coefficient (Wildman–Crippen LogP) is 3.83. The van der Waals surface area contributed by atoms with Gasteiger partial charge in [-0.2, -0.15) is 12.6 Å². The molecule has 4 bridgehead atoms. The summed E-state index contributed by atoms with van der Waals surface area (Å²) in [5, 5.41) is 14.4. The Labute approximate surface area is 303 Å². The molecule has 13 nitrogen and oxygen atoms in total. The quantitative estimate of drug-likeness (QED) is 0.214. The van der Waals surface area contributed by atoms with Crippen LogP contribution in [0.15, 0.2) is 35.9 Å². The summed E-state index contributed by atoms with van der Waals surface area (Å²) in [6.45, 7) is 6.96. The molecule has 8 atom stereocenters. The van der Waals surface area contributed by atoms with Crippen LogP contribution in [0.3, 0.4) is 0 Å². The number of rotatable bonds is 7. The molecule has 3 aliphatic heterocycles. The summed E-state index contributed by atoms with van der Waals surface area (Å²) in [4.78, 5) is 55.6. The van der Waals surface area contributed by atoms with E-state index in [4.69, 9.17) is 35.3 Å². The van der Waals surface area contributed by atoms with Crippen molar-refractivity contribution in [3.63, 3.8) is 0 Å². The number of thiol groups is 1. The first-order valence-electron chi connectivity index (χ1n) is 16.4. The Morgan fingerprint density at radius 2 is 1.98 bits per heavy atom. The summed E-state index contributed by atoms with van der Waals surface area (Å²) >= 11 is 10.8. The number of anilines is 1. The maximum absolute atomic E-state index is 14.0. The lowest BCUT2D eigenvalue weighted by atomic mass is 9.83. The number of halogens is 1. The number of likely N-dealkylation sites (N-methyl/N-ethyl adjacent to an activating group) is 1. The van der Waals surface area contributed by atoms with Crippen molar-refractivity contribution < 1.29 is 48.0 Å². The van der Waals surface area contributed by atoms with Gasteiger partial charge in [-0.3, -0.25) is 14.9 Å². The van der Waals surface area contributed by atoms with Crippen LogP contribution in [0.1, 0.15) is 52.5 Å². The molecule has 0 saturated carbocycles. The van der Waals surface area contributed by atoms with E-state index < -0.39 is 65.7 Å². The predicted molar refractivity (Wildman–Crippen MR) is 189 cm³/mol. The topological polar surface area (TPSA) is 156 Å². The highest BCUT2D eigenvalue weighted by molar-refractivity contribution is 7.80. The van der Waals surface area contributed by atoms with Gasteiger partial charge in [-0.25, -0.2) is 9.59 Å². The fourth-order valence-electron chi connectivity index (χ4n) is 6.49. The number of nitrogens with one attached hydrogen (secondary N) is 1. The summed E-state index contributed by atoms with van der Waals surface area (Å²) in [6.07, 6.45) is 1.08. The molecule has 0 unspecified atom stereocenters. The van der Waals surface area contributed by atoms with Gasteiger partial charge in [0.2, 0.25) is 11.8 Å². The second kappa shape index (κ2) is 15.9. The van der Waals surface area contributed by atoms with Crippen LogP contribution in [0.2, 0.25) is 5.02 Å². The first kappa shape index (κ1) is 39.5. The number of carbonyl (C=O) groups is 4. The highest BCUT2D eigenvalue weighted by Crippen LogP contribution is 2.49. The van der Waals surface area contributed by atoms with E-state index in [2.05, 4.69) is 17.9 Å². The maximum atomic E-state index is 14.0. The third kappa shape index (κ3) is 8.42. The van der Waals surface area contributed by atoms with E-state index in [1.807, 2.05) is 13.0 Å². The number of hydrogen-bond donors (Lipinski definition) is 3. The fraction of sp³-hybridized carbons (Fsp3) is 0.600. The molecule has 0 aromatic heterocycles. The Bertz CT molecular complexity index is 1540. The standard InChI is InChI=1S/C35H48ClN3O10S/c1-19-10-9-11-26(46-8)35(44)18-25(47-33(43)37-35)20(2)31-34(4,49-31)27(48-32(42)21(3)38(5)28(40)12-13-50)17-29(41)39(6)23-15-22(14-19)16-24(45-7)30(23)36/h9-11,15-16,20-21,25-27,31,44,50H,12-14,17-18H2,1-8H3,(H,37,43)/b11-9+,19-10+/t20-,21+,25+,26-,27+,31+,34-,35+/m1/s1. The van der Waals surface area contributed by atoms with Gasteiger partial charge in [0.05, 0.1) is 25.3 Å². The smallest absolute Gasteiger partial charge is 0.409 e. The van der Waals surface area contributed by atoms with Crippen molar-refractivity contribution in [1.29, 1.82) is 0 Å². The molecule has 276 valence electrons. The molecule has 4 rings (SSSR count). The number of aliphatic hydroxyl groups is 1. The minimum atomic E-state index is -1.82. The number of methoxy groups -OCH3 is 2. The zero-order chi connectivity index (χ0) is 37.1. The van der Waals surface area contributed by atoms with Gasteiger partial charge >= 0.3 is 12.1 Å². The molecule has 3 amide bonds. The number of amides is 3. The Morgan fingerprint density at radius 1 is 1.28 bits per heavy atom. The molecule has 2 saturated heterocycles. The van der Waals surface area contributed by atoms with Crippen LogP contribution in [0.4, 0.5) is 10.5 Å². The van der Waals surface area contributed by atoms with Gasteiger partial charge < -0.3 is 38.6 Å². The molecule has 3 aliphatic rings. The number of alkyl carbamates (subject to hydrolysis) is 1. The van der Waals surface area contributed by atoms with Gasteiger partial charge in [0.25, 0.3) is 0 Å². The lowest BCUT2D eigenvalue weighted by Crippen LogP contribution is -2.63. The van der Waals surface area contributed by atoms with E-state index in [-0.39, 0.29) is 30.2 Å². The summed E-state index contributed by atoms with van der Waals surface area (Å²) in [6, 6.07) is 2.60. The van der Waals surface area contributed by atoms with Crippen molar-refractivity contribution >= 4 is 53.8 Å². The number of esters is 1. The Morgan fingerprint density at radius 3 is 2.62 bits per heavy atom. The molecule has 0 radical (unpaired) electrons. The number of benzene rings is 1. The second-order valence-corrected chi connectivity index (χ2v) is 14.2. The van der Waals surface area contributed by atoms with Crippen molar-refractivity contribution in [2.75, 3.05) is 39.0 Å². The summed E-state index contributed by atoms with van der Waals surface area (Å²) in [5.41, 5.74) is -0.903. The largest absolute Gasteiger partial charge is 0.495 e. The van der Waals surface area contributed by atoms with Crippen LogP contribution in [0, 0.1) is 5.92 Å². The van der Waals surface area contributed by atoms with Crippen LogP contribution < -0.4 is 15.0 Å². The Balaban J connectivity index is 1.78. The fourth-order valence-corrected chi connectivity index (χ4v) is 6.99. The Hall–Kier alpha value is -3.30. The lowest BCUT2D eigenvalue weighted by Gasteiger charge is -2.42. The first-order chi connectivity index (χ1) is 23.5. The van der Waals surface area contributed by atoms with Gasteiger partial charge in [0, 0.05) is 40.0 Å². The molecule has 50 heavy (non-hydrogen) atoms. The number of hydrogen-bond acceptors (Lipinski definition) is 11. The number of nitrogens with zero attached hydrogens (tertiary/aromatic N) is 2. The average molecular weight is 738 g/mol. The zero-order valence-corrected chi connectivity index (χ0v) is 31.4. The minimum absolute atomic E-state index is 0.0489. The number of fused-ring (bicyclic) bond motifs is 5. The van der Waals surface area contributed by atoms with Gasteiger partial charge in [-0.1, -0.05) is 42.3 Å². The van der Waals surface area contributed by atoms with Gasteiger partial charge in [0.1, 0.15) is 40.7 Å². The molecule has 0 aliphatic carbocycles. The van der Waals surface area contributed by atoms with Crippen LogP contribution >= 0.6 is 24.2 Å². The molecule has 1 aromatic carbocycles. The Kier molecular flexibility index (Phi) is 12.6. The molecule has 2 N–H and O–H groups in total. The molecular formula is C35H48ClN3O10S. The van der Waals surface area contributed by atoms with E-state index in [0.717, 1.165) is 11.1 Å². The molecule has 1 aromatic rings. The molecule has 2 fully saturated rings. The summed E-state index contributed by atoms with van der Waals surface area (Å²) in [5.74, 6) is -1.30. The molecule has 15 heteroatoms. The zero-order valence-electron chi connectivity index (χ0n) is 29.7. The van der Waals surface area contributed by atoms with Crippen molar-refractivity contribution in [3.05, 3.63) is 46.5 Å². The first-order valence-corrected chi connectivity index (χ1v) is 17.5. The normalized spacial score (nSPS) is 32.3. The summed E-state index contributed by atoms with van der Waals surface area (Å²) in [7, 11) is 5.98. The third-order valence-corrected chi connectivity index (χ3v) is 10.5. The van der Waals surface area contributed by atoms with Crippen LogP contribution in [0.25, 0.3) is 0 Å². The molecule has 3 heterocycles. The van der Waals surface area contributed by atoms with Gasteiger partial charge in [-0.15, -0.1) is 0 Å². The van der Waals surface area contributed by atoms with E-state index in [1.165, 1.54) is 38.0 Å². The highest BCUT2D eigenvalue weighted by atomic mass is 35.5.